The van der Waals surface area contributed by atoms with Crippen LogP contribution in [0.5, 0.6) is 0 Å². The Morgan fingerprint density at radius 1 is 1.43 bits per heavy atom. The van der Waals surface area contributed by atoms with Crippen LogP contribution in [0.4, 0.5) is 17.1 Å². The van der Waals surface area contributed by atoms with Crippen LogP contribution in [0.1, 0.15) is 13.8 Å². The smallest absolute Gasteiger partial charge is 0.273 e. The van der Waals surface area contributed by atoms with E-state index in [1.54, 1.807) is 7.05 Å². The van der Waals surface area contributed by atoms with Gasteiger partial charge in [-0.05, 0) is 13.0 Å². The van der Waals surface area contributed by atoms with Crippen LogP contribution in [-0.2, 0) is 4.79 Å². The molecule has 0 aromatic heterocycles. The number of nitro groups is 1. The molecule has 0 saturated carbocycles. The minimum atomic E-state index is -0.416. The lowest BCUT2D eigenvalue weighted by molar-refractivity contribution is -0.384. The van der Waals surface area contributed by atoms with Gasteiger partial charge >= 0.3 is 0 Å². The molecule has 1 atom stereocenters. The summed E-state index contributed by atoms with van der Waals surface area (Å²) in [5.74, 6) is -0.263. The van der Waals surface area contributed by atoms with Crippen LogP contribution in [0.2, 0.25) is 0 Å². The van der Waals surface area contributed by atoms with Gasteiger partial charge in [-0.1, -0.05) is 6.92 Å². The maximum Gasteiger partial charge on any atom is 0.273 e. The molecule has 0 aliphatic heterocycles. The van der Waals surface area contributed by atoms with E-state index in [1.807, 2.05) is 31.9 Å². The highest BCUT2D eigenvalue weighted by Crippen LogP contribution is 2.26. The number of hydrogen-bond donors (Lipinski definition) is 2. The SMILES string of the molecule is CCNc1cc(N(C)CC(C)C(=O)NC)cc([N+](=O)[O-])c1. The zero-order valence-electron chi connectivity index (χ0n) is 12.8. The van der Waals surface area contributed by atoms with E-state index in [-0.39, 0.29) is 17.5 Å². The quantitative estimate of drug-likeness (QED) is 0.592. The van der Waals surface area contributed by atoms with Crippen molar-refractivity contribution in [2.45, 2.75) is 13.8 Å². The zero-order valence-corrected chi connectivity index (χ0v) is 12.8. The summed E-state index contributed by atoms with van der Waals surface area (Å²) in [6, 6.07) is 4.85. The van der Waals surface area contributed by atoms with Crippen molar-refractivity contribution in [2.24, 2.45) is 5.92 Å². The van der Waals surface area contributed by atoms with Gasteiger partial charge in [-0.15, -0.1) is 0 Å². The molecule has 0 heterocycles. The third-order valence-electron chi connectivity index (χ3n) is 3.18. The lowest BCUT2D eigenvalue weighted by atomic mass is 10.1. The first-order valence-corrected chi connectivity index (χ1v) is 6.85. The number of carbonyl (C=O) groups is 1. The molecule has 1 rings (SSSR count). The second-order valence-electron chi connectivity index (χ2n) is 4.92. The van der Waals surface area contributed by atoms with Crippen molar-refractivity contribution < 1.29 is 9.72 Å². The minimum absolute atomic E-state index is 0.0305. The fourth-order valence-corrected chi connectivity index (χ4v) is 2.07. The normalized spacial score (nSPS) is 11.6. The van der Waals surface area contributed by atoms with Crippen LogP contribution in [0.3, 0.4) is 0 Å². The molecule has 0 bridgehead atoms. The van der Waals surface area contributed by atoms with E-state index in [1.165, 1.54) is 12.1 Å². The average molecular weight is 294 g/mol. The van der Waals surface area contributed by atoms with Gasteiger partial charge in [0.2, 0.25) is 5.91 Å². The van der Waals surface area contributed by atoms with Gasteiger partial charge in [0, 0.05) is 50.7 Å². The zero-order chi connectivity index (χ0) is 16.0. The van der Waals surface area contributed by atoms with Gasteiger partial charge in [0.05, 0.1) is 10.8 Å². The molecule has 1 aromatic carbocycles. The third kappa shape index (κ3) is 4.62. The molecule has 7 nitrogen and oxygen atoms in total. The number of amides is 1. The van der Waals surface area contributed by atoms with E-state index in [9.17, 15) is 14.9 Å². The number of anilines is 2. The highest BCUT2D eigenvalue weighted by molar-refractivity contribution is 5.78. The Labute approximate surface area is 124 Å². The second kappa shape index (κ2) is 7.47. The molecular weight excluding hydrogens is 272 g/mol. The summed E-state index contributed by atoms with van der Waals surface area (Å²) in [4.78, 5) is 24.0. The fraction of sp³-hybridized carbons (Fsp3) is 0.500. The van der Waals surface area contributed by atoms with Gasteiger partial charge in [-0.25, -0.2) is 0 Å². The van der Waals surface area contributed by atoms with E-state index in [2.05, 4.69) is 10.6 Å². The first-order valence-electron chi connectivity index (χ1n) is 6.85. The number of carbonyl (C=O) groups excluding carboxylic acids is 1. The van der Waals surface area contributed by atoms with Gasteiger partial charge < -0.3 is 15.5 Å². The monoisotopic (exact) mass is 294 g/mol. The summed E-state index contributed by atoms with van der Waals surface area (Å²) in [6.07, 6.45) is 0. The lowest BCUT2D eigenvalue weighted by Gasteiger charge is -2.23. The Balaban J connectivity index is 2.99. The van der Waals surface area contributed by atoms with Crippen LogP contribution in [-0.4, -0.2) is 38.0 Å². The molecule has 2 N–H and O–H groups in total. The van der Waals surface area contributed by atoms with Gasteiger partial charge in [-0.3, -0.25) is 14.9 Å². The van der Waals surface area contributed by atoms with E-state index < -0.39 is 4.92 Å². The van der Waals surface area contributed by atoms with E-state index in [0.29, 0.717) is 24.5 Å². The molecule has 0 fully saturated rings. The summed E-state index contributed by atoms with van der Waals surface area (Å²) in [5, 5.41) is 16.7. The number of benzene rings is 1. The Bertz CT molecular complexity index is 519. The lowest BCUT2D eigenvalue weighted by Crippen LogP contribution is -2.34. The first-order chi connectivity index (χ1) is 9.88. The fourth-order valence-electron chi connectivity index (χ4n) is 2.07. The van der Waals surface area contributed by atoms with Crippen molar-refractivity contribution in [1.82, 2.24) is 5.32 Å². The standard InChI is InChI=1S/C14H22N4O3/c1-5-16-11-6-12(8-13(7-11)18(20)21)17(4)9-10(2)14(19)15-3/h6-8,10,16H,5,9H2,1-4H3,(H,15,19). The Morgan fingerprint density at radius 2 is 2.10 bits per heavy atom. The Morgan fingerprint density at radius 3 is 2.62 bits per heavy atom. The highest BCUT2D eigenvalue weighted by Gasteiger charge is 2.17. The van der Waals surface area contributed by atoms with E-state index in [4.69, 9.17) is 0 Å². The number of non-ortho nitro benzene ring substituents is 1. The molecule has 116 valence electrons. The van der Waals surface area contributed by atoms with Crippen LogP contribution < -0.4 is 15.5 Å². The molecule has 0 aliphatic rings. The van der Waals surface area contributed by atoms with Crippen LogP contribution >= 0.6 is 0 Å². The predicted octanol–water partition coefficient (Wildman–Crippen LogP) is 1.84. The summed E-state index contributed by atoms with van der Waals surface area (Å²) < 4.78 is 0. The molecule has 1 unspecified atom stereocenters. The van der Waals surface area contributed by atoms with Crippen molar-refractivity contribution >= 4 is 23.0 Å². The number of nitro benzene ring substituents is 1. The van der Waals surface area contributed by atoms with E-state index >= 15 is 0 Å². The maximum atomic E-state index is 11.6. The van der Waals surface area contributed by atoms with Gasteiger partial charge in [0.1, 0.15) is 0 Å². The van der Waals surface area contributed by atoms with Gasteiger partial charge in [-0.2, -0.15) is 0 Å². The van der Waals surface area contributed by atoms with Crippen molar-refractivity contribution in [3.63, 3.8) is 0 Å². The van der Waals surface area contributed by atoms with Gasteiger partial charge in [0.25, 0.3) is 5.69 Å². The van der Waals surface area contributed by atoms with Crippen LogP contribution in [0, 0.1) is 16.0 Å². The minimum Gasteiger partial charge on any atom is -0.385 e. The number of nitrogens with zero attached hydrogens (tertiary/aromatic N) is 2. The predicted molar refractivity (Wildman–Crippen MR) is 83.8 cm³/mol. The number of hydrogen-bond acceptors (Lipinski definition) is 5. The highest BCUT2D eigenvalue weighted by atomic mass is 16.6. The molecule has 21 heavy (non-hydrogen) atoms. The van der Waals surface area contributed by atoms with Crippen molar-refractivity contribution in [3.05, 3.63) is 28.3 Å². The Kier molecular flexibility index (Phi) is 5.95. The molecule has 0 saturated heterocycles. The average Bonchev–Trinajstić information content (AvgIpc) is 2.46. The molecule has 0 aliphatic carbocycles. The summed E-state index contributed by atoms with van der Waals surface area (Å²) >= 11 is 0. The molecule has 0 radical (unpaired) electrons. The molecule has 0 spiro atoms. The summed E-state index contributed by atoms with van der Waals surface area (Å²) in [6.45, 7) is 4.90. The van der Waals surface area contributed by atoms with E-state index in [0.717, 1.165) is 0 Å². The molecule has 7 heteroatoms. The second-order valence-corrected chi connectivity index (χ2v) is 4.92. The van der Waals surface area contributed by atoms with Crippen LogP contribution in [0.25, 0.3) is 0 Å². The summed E-state index contributed by atoms with van der Waals surface area (Å²) in [7, 11) is 3.41. The third-order valence-corrected chi connectivity index (χ3v) is 3.18. The molecule has 1 amide bonds. The van der Waals surface area contributed by atoms with Crippen molar-refractivity contribution in [3.8, 4) is 0 Å². The van der Waals surface area contributed by atoms with Crippen molar-refractivity contribution in [2.75, 3.05) is 37.4 Å². The topological polar surface area (TPSA) is 87.5 Å². The van der Waals surface area contributed by atoms with Gasteiger partial charge in [0.15, 0.2) is 0 Å². The van der Waals surface area contributed by atoms with Crippen molar-refractivity contribution in [1.29, 1.82) is 0 Å². The molecular formula is C14H22N4O3. The molecule has 1 aromatic rings. The first kappa shape index (κ1) is 16.7. The Hall–Kier alpha value is -2.31. The van der Waals surface area contributed by atoms with Crippen LogP contribution in [0.15, 0.2) is 18.2 Å². The largest absolute Gasteiger partial charge is 0.385 e. The summed E-state index contributed by atoms with van der Waals surface area (Å²) in [5.41, 5.74) is 1.43. The maximum absolute atomic E-state index is 11.6. The number of rotatable bonds is 7. The number of nitrogens with one attached hydrogen (secondary N) is 2.